The number of carbonyl (C=O) groups excluding carboxylic acids is 1. The maximum Gasteiger partial charge on any atom is 0.407 e. The average Bonchev–Trinajstić information content (AvgIpc) is 2.76. The Morgan fingerprint density at radius 3 is 2.42 bits per heavy atom. The Balaban J connectivity index is 2.28. The molecule has 1 saturated heterocycles. The lowest BCUT2D eigenvalue weighted by Gasteiger charge is -2.38. The van der Waals surface area contributed by atoms with E-state index in [1.165, 1.54) is 11.3 Å². The summed E-state index contributed by atoms with van der Waals surface area (Å²) in [7, 11) is 0. The molecule has 0 aromatic carbocycles. The van der Waals surface area contributed by atoms with E-state index in [0.717, 1.165) is 18.8 Å². The van der Waals surface area contributed by atoms with Crippen molar-refractivity contribution in [3.63, 3.8) is 0 Å². The van der Waals surface area contributed by atoms with E-state index >= 15 is 0 Å². The van der Waals surface area contributed by atoms with Crippen molar-refractivity contribution in [1.82, 2.24) is 10.2 Å². The Bertz CT molecular complexity index is 555. The third-order valence-corrected chi connectivity index (χ3v) is 4.49. The number of hydrogen-bond donors (Lipinski definition) is 1. The minimum absolute atomic E-state index is 0.0618. The number of alkyl carbamates (subject to hydrolysis) is 1. The second kappa shape index (κ2) is 6.77. The molecule has 5 nitrogen and oxygen atoms in total. The Kier molecular flexibility index (Phi) is 5.31. The van der Waals surface area contributed by atoms with Gasteiger partial charge in [-0.15, -0.1) is 0 Å². The van der Waals surface area contributed by atoms with Crippen molar-refractivity contribution in [2.45, 2.75) is 80.0 Å². The molecule has 0 aromatic rings. The Morgan fingerprint density at radius 1 is 1.29 bits per heavy atom. The zero-order chi connectivity index (χ0) is 18.2. The number of hydrogen-bond acceptors (Lipinski definition) is 4. The highest BCUT2D eigenvalue weighted by Crippen LogP contribution is 2.41. The van der Waals surface area contributed by atoms with Crippen LogP contribution in [0.5, 0.6) is 0 Å². The van der Waals surface area contributed by atoms with E-state index in [0.29, 0.717) is 5.92 Å². The van der Waals surface area contributed by atoms with Crippen molar-refractivity contribution in [2.75, 3.05) is 6.54 Å². The lowest BCUT2D eigenvalue weighted by molar-refractivity contribution is 0.112. The molecular weight excluding hydrogens is 302 g/mol. The van der Waals surface area contributed by atoms with Gasteiger partial charge in [-0.25, -0.2) is 4.79 Å². The molecule has 2 heterocycles. The molecule has 0 unspecified atom stereocenters. The van der Waals surface area contributed by atoms with Gasteiger partial charge in [0.25, 0.3) is 0 Å². The fourth-order valence-corrected chi connectivity index (χ4v) is 3.83. The van der Waals surface area contributed by atoms with Crippen LogP contribution >= 0.6 is 0 Å². The van der Waals surface area contributed by atoms with Gasteiger partial charge >= 0.3 is 6.09 Å². The largest absolute Gasteiger partial charge is 0.447 e. The van der Waals surface area contributed by atoms with Gasteiger partial charge in [0.2, 0.25) is 0 Å². The maximum atomic E-state index is 12.0. The van der Waals surface area contributed by atoms with Crippen LogP contribution in [0.15, 0.2) is 16.3 Å². The van der Waals surface area contributed by atoms with Crippen molar-refractivity contribution in [1.29, 1.82) is 0 Å². The molecule has 5 heteroatoms. The normalized spacial score (nSPS) is 24.4. The first kappa shape index (κ1) is 18.8. The molecule has 1 fully saturated rings. The zero-order valence-electron chi connectivity index (χ0n) is 16.4. The molecule has 136 valence electrons. The van der Waals surface area contributed by atoms with Gasteiger partial charge in [0, 0.05) is 24.6 Å². The van der Waals surface area contributed by atoms with Crippen molar-refractivity contribution in [3.8, 4) is 0 Å². The summed E-state index contributed by atoms with van der Waals surface area (Å²) >= 11 is 0. The van der Waals surface area contributed by atoms with Gasteiger partial charge in [-0.1, -0.05) is 34.6 Å². The molecule has 2 rings (SSSR count). The molecule has 24 heavy (non-hydrogen) atoms. The highest BCUT2D eigenvalue weighted by molar-refractivity contribution is 5.88. The van der Waals surface area contributed by atoms with Gasteiger partial charge in [0.15, 0.2) is 0 Å². The van der Waals surface area contributed by atoms with E-state index in [9.17, 15) is 4.79 Å². The van der Waals surface area contributed by atoms with Crippen LogP contribution < -0.4 is 5.32 Å². The number of carbonyl (C=O) groups is 1. The summed E-state index contributed by atoms with van der Waals surface area (Å²) in [5.74, 6) is 1.50. The fourth-order valence-electron chi connectivity index (χ4n) is 3.83. The summed E-state index contributed by atoms with van der Waals surface area (Å²) < 4.78 is 5.24. The Hall–Kier alpha value is -1.52. The number of nitrogens with zero attached hydrogens (tertiary/aromatic N) is 2. The second-order valence-electron chi connectivity index (χ2n) is 8.54. The average molecular weight is 335 g/mol. The Morgan fingerprint density at radius 2 is 1.92 bits per heavy atom. The molecule has 1 amide bonds. The number of rotatable bonds is 3. The molecule has 0 radical (unpaired) electrons. The van der Waals surface area contributed by atoms with Gasteiger partial charge in [0.1, 0.15) is 5.84 Å². The highest BCUT2D eigenvalue weighted by Gasteiger charge is 2.40. The summed E-state index contributed by atoms with van der Waals surface area (Å²) in [4.78, 5) is 19.3. The minimum atomic E-state index is -0.330. The molecule has 1 N–H and O–H groups in total. The van der Waals surface area contributed by atoms with Gasteiger partial charge in [0.05, 0.1) is 18.2 Å². The summed E-state index contributed by atoms with van der Waals surface area (Å²) in [5, 5.41) is 3.02. The fraction of sp³-hybridized carbons (Fsp3) is 0.789. The molecule has 0 aromatic heterocycles. The molecule has 2 aliphatic rings. The van der Waals surface area contributed by atoms with Crippen LogP contribution in [-0.4, -0.2) is 41.6 Å². The predicted molar refractivity (Wildman–Crippen MR) is 98.1 cm³/mol. The predicted octanol–water partition coefficient (Wildman–Crippen LogP) is 3.95. The molecule has 0 spiro atoms. The second-order valence-corrected chi connectivity index (χ2v) is 8.54. The van der Waals surface area contributed by atoms with Gasteiger partial charge in [-0.05, 0) is 31.8 Å². The molecule has 0 bridgehead atoms. The first-order valence-corrected chi connectivity index (χ1v) is 9.06. The van der Waals surface area contributed by atoms with Crippen LogP contribution in [0.2, 0.25) is 0 Å². The molecule has 0 aliphatic carbocycles. The van der Waals surface area contributed by atoms with Gasteiger partial charge in [-0.2, -0.15) is 0 Å². The molecular formula is C19H33N3O2. The summed E-state index contributed by atoms with van der Waals surface area (Å²) in [5.41, 5.74) is 2.78. The first-order valence-electron chi connectivity index (χ1n) is 9.06. The van der Waals surface area contributed by atoms with Crippen LogP contribution in [0.3, 0.4) is 0 Å². The van der Waals surface area contributed by atoms with Crippen LogP contribution in [-0.2, 0) is 4.74 Å². The van der Waals surface area contributed by atoms with Crippen LogP contribution in [0.25, 0.3) is 0 Å². The molecule has 0 saturated carbocycles. The molecule has 2 atom stereocenters. The van der Waals surface area contributed by atoms with Crippen LogP contribution in [0.1, 0.15) is 61.8 Å². The lowest BCUT2D eigenvalue weighted by Crippen LogP contribution is -2.42. The van der Waals surface area contributed by atoms with Crippen LogP contribution in [0.4, 0.5) is 4.79 Å². The SMILES string of the molecule is CC(C)OC(=O)N[C@@H]1CC2=C(C(C)(C)C)[C@H](C)N=C(C(C)C)N2C1. The first-order chi connectivity index (χ1) is 11.0. The van der Waals surface area contributed by atoms with Gasteiger partial charge in [-0.3, -0.25) is 4.99 Å². The Labute approximate surface area is 146 Å². The summed E-state index contributed by atoms with van der Waals surface area (Å²) in [6.45, 7) is 17.8. The third kappa shape index (κ3) is 3.93. The standard InChI is InChI=1S/C19H33N3O2/c1-11(2)17-20-13(5)16(19(6,7)8)15-9-14(10-22(15)17)21-18(23)24-12(3)4/h11-14H,9-10H2,1-8H3,(H,21,23)/t13-,14+/m0/s1. The summed E-state index contributed by atoms with van der Waals surface area (Å²) in [6.07, 6.45) is 0.408. The third-order valence-electron chi connectivity index (χ3n) is 4.49. The topological polar surface area (TPSA) is 53.9 Å². The highest BCUT2D eigenvalue weighted by atomic mass is 16.6. The van der Waals surface area contributed by atoms with Gasteiger partial charge < -0.3 is 15.0 Å². The van der Waals surface area contributed by atoms with E-state index in [1.807, 2.05) is 13.8 Å². The zero-order valence-corrected chi connectivity index (χ0v) is 16.4. The van der Waals surface area contributed by atoms with Crippen molar-refractivity contribution < 1.29 is 9.53 Å². The van der Waals surface area contributed by atoms with E-state index in [2.05, 4.69) is 51.8 Å². The lowest BCUT2D eigenvalue weighted by atomic mass is 9.79. The number of nitrogens with one attached hydrogen (secondary N) is 1. The molecule has 2 aliphatic heterocycles. The number of fused-ring (bicyclic) bond motifs is 1. The number of ether oxygens (including phenoxy) is 1. The maximum absolute atomic E-state index is 12.0. The van der Waals surface area contributed by atoms with E-state index < -0.39 is 0 Å². The van der Waals surface area contributed by atoms with E-state index in [4.69, 9.17) is 9.73 Å². The number of amidine groups is 1. The van der Waals surface area contributed by atoms with E-state index in [-0.39, 0.29) is 29.7 Å². The summed E-state index contributed by atoms with van der Waals surface area (Å²) in [6, 6.07) is 0.257. The smallest absolute Gasteiger partial charge is 0.407 e. The number of aliphatic imine (C=N–C) groups is 1. The van der Waals surface area contributed by atoms with Crippen molar-refractivity contribution >= 4 is 11.9 Å². The number of amides is 1. The van der Waals surface area contributed by atoms with E-state index in [1.54, 1.807) is 0 Å². The quantitative estimate of drug-likeness (QED) is 0.849. The van der Waals surface area contributed by atoms with Crippen molar-refractivity contribution in [2.24, 2.45) is 16.3 Å². The monoisotopic (exact) mass is 335 g/mol. The van der Waals surface area contributed by atoms with Crippen molar-refractivity contribution in [3.05, 3.63) is 11.3 Å². The van der Waals surface area contributed by atoms with Crippen LogP contribution in [0, 0.1) is 11.3 Å². The minimum Gasteiger partial charge on any atom is -0.447 e.